The lowest BCUT2D eigenvalue weighted by Crippen LogP contribution is -2.45. The highest BCUT2D eigenvalue weighted by molar-refractivity contribution is 5.85. The smallest absolute Gasteiger partial charge is 0.395 e. The maximum absolute atomic E-state index is 13.3. The highest BCUT2D eigenvalue weighted by atomic mass is 35.5. The quantitative estimate of drug-likeness (QED) is 0.901. The van der Waals surface area contributed by atoms with Crippen molar-refractivity contribution in [2.45, 2.75) is 25.7 Å². The first kappa shape index (κ1) is 19.2. The number of para-hydroxylation sites is 1. The average molecular weight is 357 g/mol. The Morgan fingerprint density at radius 2 is 1.91 bits per heavy atom. The predicted octanol–water partition coefficient (Wildman–Crippen LogP) is 3.21. The number of hydrogen-bond acceptors (Lipinski definition) is 4. The Labute approximate surface area is 141 Å². The summed E-state index contributed by atoms with van der Waals surface area (Å²) in [4.78, 5) is 2.30. The van der Waals surface area contributed by atoms with Gasteiger partial charge >= 0.3 is 6.29 Å². The van der Waals surface area contributed by atoms with E-state index in [9.17, 15) is 8.78 Å². The summed E-state index contributed by atoms with van der Waals surface area (Å²) in [7, 11) is 0. The number of nitrogens with zero attached hydrogens (tertiary/aromatic N) is 1. The van der Waals surface area contributed by atoms with Crippen molar-refractivity contribution < 1.29 is 18.3 Å². The van der Waals surface area contributed by atoms with Gasteiger partial charge in [0.25, 0.3) is 0 Å². The molecule has 0 spiro atoms. The molecule has 1 aromatic carbocycles. The zero-order chi connectivity index (χ0) is 14.2. The van der Waals surface area contributed by atoms with Crippen molar-refractivity contribution in [3.63, 3.8) is 0 Å². The molecule has 1 N–H and O–H groups in total. The zero-order valence-corrected chi connectivity index (χ0v) is 13.8. The molecule has 8 heteroatoms. The lowest BCUT2D eigenvalue weighted by Gasteiger charge is -2.35. The standard InChI is InChI=1S/C14H18F2N2O2.2ClH/c1-2-11(18-8-6-17-7-9-18)10-4-3-5-12-13(10)20-14(15,16)19-12;;/h3-5,11,17H,2,6-9H2,1H3;2*1H/t11-;;/m1../s1. The van der Waals surface area contributed by atoms with Crippen molar-refractivity contribution in [1.29, 1.82) is 0 Å². The summed E-state index contributed by atoms with van der Waals surface area (Å²) in [6.45, 7) is 5.69. The van der Waals surface area contributed by atoms with Gasteiger partial charge in [-0.1, -0.05) is 19.1 Å². The van der Waals surface area contributed by atoms with Gasteiger partial charge in [0.05, 0.1) is 0 Å². The van der Waals surface area contributed by atoms with E-state index in [2.05, 4.69) is 21.9 Å². The molecule has 0 radical (unpaired) electrons. The molecule has 2 aliphatic rings. The molecule has 0 amide bonds. The second-order valence-electron chi connectivity index (χ2n) is 5.05. The van der Waals surface area contributed by atoms with Gasteiger partial charge in [-0.15, -0.1) is 33.6 Å². The lowest BCUT2D eigenvalue weighted by atomic mass is 10.0. The van der Waals surface area contributed by atoms with Gasteiger partial charge in [-0.05, 0) is 12.5 Å². The zero-order valence-electron chi connectivity index (χ0n) is 12.2. The van der Waals surface area contributed by atoms with Crippen LogP contribution in [-0.2, 0) is 0 Å². The predicted molar refractivity (Wildman–Crippen MR) is 84.6 cm³/mol. The number of fused-ring (bicyclic) bond motifs is 1. The maximum Gasteiger partial charge on any atom is 0.586 e. The van der Waals surface area contributed by atoms with Gasteiger partial charge < -0.3 is 14.8 Å². The molecule has 22 heavy (non-hydrogen) atoms. The Kier molecular flexibility index (Phi) is 6.67. The molecule has 0 aromatic heterocycles. The summed E-state index contributed by atoms with van der Waals surface area (Å²) < 4.78 is 35.7. The van der Waals surface area contributed by atoms with Gasteiger partial charge in [-0.25, -0.2) is 0 Å². The normalized spacial score (nSPS) is 20.7. The van der Waals surface area contributed by atoms with Crippen LogP contribution in [0.1, 0.15) is 24.9 Å². The van der Waals surface area contributed by atoms with E-state index in [0.29, 0.717) is 0 Å². The molecule has 126 valence electrons. The van der Waals surface area contributed by atoms with Gasteiger partial charge in [0.15, 0.2) is 11.5 Å². The third kappa shape index (κ3) is 3.74. The monoisotopic (exact) mass is 356 g/mol. The fraction of sp³-hybridized carbons (Fsp3) is 0.571. The molecule has 1 fully saturated rings. The van der Waals surface area contributed by atoms with Crippen molar-refractivity contribution in [1.82, 2.24) is 10.2 Å². The molecule has 2 heterocycles. The van der Waals surface area contributed by atoms with Crippen LogP contribution in [0.2, 0.25) is 0 Å². The number of alkyl halides is 2. The van der Waals surface area contributed by atoms with E-state index in [1.165, 1.54) is 6.07 Å². The first-order valence-corrected chi connectivity index (χ1v) is 6.94. The third-order valence-corrected chi connectivity index (χ3v) is 3.80. The van der Waals surface area contributed by atoms with Crippen molar-refractivity contribution in [2.75, 3.05) is 26.2 Å². The minimum absolute atomic E-state index is 0. The number of rotatable bonds is 3. The van der Waals surface area contributed by atoms with E-state index >= 15 is 0 Å². The summed E-state index contributed by atoms with van der Waals surface area (Å²) in [6, 6.07) is 5.18. The topological polar surface area (TPSA) is 33.7 Å². The molecular formula is C14H20Cl2F2N2O2. The van der Waals surface area contributed by atoms with Gasteiger partial charge in [-0.2, -0.15) is 0 Å². The van der Waals surface area contributed by atoms with E-state index in [1.807, 2.05) is 6.07 Å². The third-order valence-electron chi connectivity index (χ3n) is 3.80. The molecule has 1 atom stereocenters. The molecule has 3 rings (SSSR count). The number of halogens is 4. The Morgan fingerprint density at radius 1 is 1.23 bits per heavy atom. The van der Waals surface area contributed by atoms with Crippen molar-refractivity contribution in [3.8, 4) is 11.5 Å². The van der Waals surface area contributed by atoms with Crippen LogP contribution in [-0.4, -0.2) is 37.4 Å². The minimum Gasteiger partial charge on any atom is -0.395 e. The van der Waals surface area contributed by atoms with Crippen LogP contribution in [0.4, 0.5) is 8.78 Å². The first-order valence-electron chi connectivity index (χ1n) is 6.94. The van der Waals surface area contributed by atoms with Crippen LogP contribution in [0.15, 0.2) is 18.2 Å². The van der Waals surface area contributed by atoms with E-state index in [4.69, 9.17) is 4.74 Å². The van der Waals surface area contributed by atoms with Crippen LogP contribution >= 0.6 is 24.8 Å². The Morgan fingerprint density at radius 3 is 2.55 bits per heavy atom. The minimum atomic E-state index is -3.56. The first-order chi connectivity index (χ1) is 9.61. The molecule has 1 aromatic rings. The van der Waals surface area contributed by atoms with Gasteiger partial charge in [-0.3, -0.25) is 4.90 Å². The molecule has 0 unspecified atom stereocenters. The highest BCUT2D eigenvalue weighted by Gasteiger charge is 2.45. The van der Waals surface area contributed by atoms with E-state index in [-0.39, 0.29) is 42.4 Å². The fourth-order valence-electron chi connectivity index (χ4n) is 2.92. The number of benzene rings is 1. The van der Waals surface area contributed by atoms with E-state index in [1.54, 1.807) is 6.07 Å². The number of piperazine rings is 1. The number of hydrogen-bond donors (Lipinski definition) is 1. The van der Waals surface area contributed by atoms with Crippen molar-refractivity contribution >= 4 is 24.8 Å². The average Bonchev–Trinajstić information content (AvgIpc) is 2.75. The van der Waals surface area contributed by atoms with E-state index in [0.717, 1.165) is 38.2 Å². The van der Waals surface area contributed by atoms with Gasteiger partial charge in [0.1, 0.15) is 0 Å². The molecule has 0 bridgehead atoms. The maximum atomic E-state index is 13.3. The van der Waals surface area contributed by atoms with Crippen molar-refractivity contribution in [2.24, 2.45) is 0 Å². The Balaban J connectivity index is 0.00000121. The molecule has 1 saturated heterocycles. The summed E-state index contributed by atoms with van der Waals surface area (Å²) in [5.41, 5.74) is 0.782. The second kappa shape index (κ2) is 7.64. The second-order valence-corrected chi connectivity index (χ2v) is 5.05. The van der Waals surface area contributed by atoms with Crippen LogP contribution < -0.4 is 14.8 Å². The Bertz CT molecular complexity index is 500. The van der Waals surface area contributed by atoms with Crippen LogP contribution in [0, 0.1) is 0 Å². The number of nitrogens with one attached hydrogen (secondary N) is 1. The summed E-state index contributed by atoms with van der Waals surface area (Å²) in [5, 5.41) is 3.29. The Hall–Kier alpha value is -0.820. The van der Waals surface area contributed by atoms with Gasteiger partial charge in [0, 0.05) is 37.8 Å². The van der Waals surface area contributed by atoms with Gasteiger partial charge in [0.2, 0.25) is 0 Å². The summed E-state index contributed by atoms with van der Waals surface area (Å²) in [6.07, 6.45) is -2.72. The largest absolute Gasteiger partial charge is 0.586 e. The molecule has 0 saturated carbocycles. The highest BCUT2D eigenvalue weighted by Crippen LogP contribution is 2.46. The van der Waals surface area contributed by atoms with Crippen molar-refractivity contribution in [3.05, 3.63) is 23.8 Å². The lowest BCUT2D eigenvalue weighted by molar-refractivity contribution is -0.287. The SMILES string of the molecule is CC[C@H](c1cccc2c1OC(F)(F)O2)N1CCNCC1.Cl.Cl. The summed E-state index contributed by atoms with van der Waals surface area (Å²) in [5.74, 6) is 0.309. The molecule has 0 aliphatic carbocycles. The molecule has 4 nitrogen and oxygen atoms in total. The van der Waals surface area contributed by atoms with E-state index < -0.39 is 6.29 Å². The van der Waals surface area contributed by atoms with Crippen LogP contribution in [0.5, 0.6) is 11.5 Å². The fourth-order valence-corrected chi connectivity index (χ4v) is 2.92. The van der Waals surface area contributed by atoms with Crippen LogP contribution in [0.25, 0.3) is 0 Å². The molecule has 2 aliphatic heterocycles. The van der Waals surface area contributed by atoms with Crippen LogP contribution in [0.3, 0.4) is 0 Å². The number of ether oxygens (including phenoxy) is 2. The molecular weight excluding hydrogens is 337 g/mol. The summed E-state index contributed by atoms with van der Waals surface area (Å²) >= 11 is 0.